The standard InChI is InChI=1S/C24H28N4O2/c1-15-13-28(11-12-29-15)20-14-30-21-8-3-2-5-17(21)22(20)25-18-6-4-7-19-23(18)27-24(26-19)16-9-10-16/h2-8,15-16,20,22,25H,9-14H2,1H3,(H,26,27)/t15-,20+,22+/m1/s1. The molecule has 3 atom stereocenters. The van der Waals surface area contributed by atoms with Crippen LogP contribution in [0.4, 0.5) is 5.69 Å². The molecule has 6 rings (SSSR count). The van der Waals surface area contributed by atoms with Crippen molar-refractivity contribution in [2.45, 2.75) is 43.9 Å². The maximum atomic E-state index is 6.18. The Bertz CT molecular complexity index is 1060. The summed E-state index contributed by atoms with van der Waals surface area (Å²) in [5, 5.41) is 3.87. The van der Waals surface area contributed by atoms with Crippen LogP contribution in [0.3, 0.4) is 0 Å². The predicted octanol–water partition coefficient (Wildman–Crippen LogP) is 4.08. The van der Waals surface area contributed by atoms with Crippen molar-refractivity contribution in [1.82, 2.24) is 14.9 Å². The van der Waals surface area contributed by atoms with E-state index in [1.54, 1.807) is 0 Å². The van der Waals surface area contributed by atoms with Crippen LogP contribution in [-0.4, -0.2) is 53.3 Å². The Labute approximate surface area is 176 Å². The monoisotopic (exact) mass is 404 g/mol. The molecule has 0 unspecified atom stereocenters. The van der Waals surface area contributed by atoms with E-state index in [-0.39, 0.29) is 18.2 Å². The molecule has 2 N–H and O–H groups in total. The summed E-state index contributed by atoms with van der Waals surface area (Å²) >= 11 is 0. The number of ether oxygens (including phenoxy) is 2. The minimum absolute atomic E-state index is 0.131. The number of imidazole rings is 1. The second kappa shape index (κ2) is 7.29. The third-order valence-corrected chi connectivity index (χ3v) is 6.60. The highest BCUT2D eigenvalue weighted by Gasteiger charge is 2.37. The molecule has 2 fully saturated rings. The first kappa shape index (κ1) is 18.2. The molecule has 0 radical (unpaired) electrons. The topological polar surface area (TPSA) is 62.4 Å². The summed E-state index contributed by atoms with van der Waals surface area (Å²) in [6.07, 6.45) is 2.73. The second-order valence-electron chi connectivity index (χ2n) is 8.81. The van der Waals surface area contributed by atoms with Gasteiger partial charge in [0.25, 0.3) is 0 Å². The number of fused-ring (bicyclic) bond motifs is 2. The number of aromatic nitrogens is 2. The van der Waals surface area contributed by atoms with E-state index in [0.717, 1.165) is 48.0 Å². The number of para-hydroxylation sites is 2. The van der Waals surface area contributed by atoms with Crippen LogP contribution in [-0.2, 0) is 4.74 Å². The van der Waals surface area contributed by atoms with E-state index < -0.39 is 0 Å². The van der Waals surface area contributed by atoms with Gasteiger partial charge in [0.2, 0.25) is 0 Å². The van der Waals surface area contributed by atoms with Crippen molar-refractivity contribution < 1.29 is 9.47 Å². The van der Waals surface area contributed by atoms with E-state index in [9.17, 15) is 0 Å². The van der Waals surface area contributed by atoms with Gasteiger partial charge in [0.15, 0.2) is 0 Å². The average molecular weight is 405 g/mol. The number of nitrogens with zero attached hydrogens (tertiary/aromatic N) is 2. The number of anilines is 1. The molecule has 1 aromatic heterocycles. The molecule has 1 aliphatic carbocycles. The number of aromatic amines is 1. The van der Waals surface area contributed by atoms with Gasteiger partial charge < -0.3 is 19.8 Å². The van der Waals surface area contributed by atoms with Crippen LogP contribution in [0.25, 0.3) is 11.0 Å². The van der Waals surface area contributed by atoms with E-state index in [1.807, 2.05) is 6.07 Å². The summed E-state index contributed by atoms with van der Waals surface area (Å²) in [6, 6.07) is 15.2. The number of hydrogen-bond donors (Lipinski definition) is 2. The zero-order valence-electron chi connectivity index (χ0n) is 17.3. The van der Waals surface area contributed by atoms with Gasteiger partial charge in [0.05, 0.1) is 36.0 Å². The smallest absolute Gasteiger partial charge is 0.124 e. The number of morpholine rings is 1. The van der Waals surface area contributed by atoms with Crippen LogP contribution < -0.4 is 10.1 Å². The minimum Gasteiger partial charge on any atom is -0.491 e. The molecule has 3 aliphatic rings. The highest BCUT2D eigenvalue weighted by molar-refractivity contribution is 5.88. The van der Waals surface area contributed by atoms with Gasteiger partial charge in [0.1, 0.15) is 23.7 Å². The highest BCUT2D eigenvalue weighted by Crippen LogP contribution is 2.41. The first-order valence-corrected chi connectivity index (χ1v) is 11.1. The predicted molar refractivity (Wildman–Crippen MR) is 117 cm³/mol. The van der Waals surface area contributed by atoms with Crippen molar-refractivity contribution in [2.24, 2.45) is 0 Å². The quantitative estimate of drug-likeness (QED) is 0.686. The molecular formula is C24H28N4O2. The summed E-state index contributed by atoms with van der Waals surface area (Å²) < 4.78 is 12.0. The van der Waals surface area contributed by atoms with Gasteiger partial charge in [-0.2, -0.15) is 0 Å². The van der Waals surface area contributed by atoms with Crippen molar-refractivity contribution >= 4 is 16.7 Å². The fourth-order valence-corrected chi connectivity index (χ4v) is 4.87. The van der Waals surface area contributed by atoms with E-state index in [0.29, 0.717) is 12.5 Å². The number of benzene rings is 2. The molecule has 2 aliphatic heterocycles. The minimum atomic E-state index is 0.131. The molecular weight excluding hydrogens is 376 g/mol. The number of nitrogens with one attached hydrogen (secondary N) is 2. The Morgan fingerprint density at radius 3 is 2.90 bits per heavy atom. The van der Waals surface area contributed by atoms with Crippen LogP contribution >= 0.6 is 0 Å². The summed E-state index contributed by atoms with van der Waals surface area (Å²) in [5.41, 5.74) is 4.45. The fourth-order valence-electron chi connectivity index (χ4n) is 4.87. The normalized spacial score (nSPS) is 26.9. The molecule has 3 aromatic rings. The Morgan fingerprint density at radius 1 is 1.13 bits per heavy atom. The molecule has 1 saturated carbocycles. The first-order valence-electron chi connectivity index (χ1n) is 11.1. The molecule has 0 bridgehead atoms. The lowest BCUT2D eigenvalue weighted by molar-refractivity contribution is -0.0465. The van der Waals surface area contributed by atoms with Crippen LogP contribution in [0, 0.1) is 0 Å². The van der Waals surface area contributed by atoms with Crippen molar-refractivity contribution in [2.75, 3.05) is 31.6 Å². The van der Waals surface area contributed by atoms with E-state index in [4.69, 9.17) is 14.5 Å². The second-order valence-corrected chi connectivity index (χ2v) is 8.81. The zero-order chi connectivity index (χ0) is 20.1. The van der Waals surface area contributed by atoms with Gasteiger partial charge in [-0.05, 0) is 38.0 Å². The zero-order valence-corrected chi connectivity index (χ0v) is 17.3. The lowest BCUT2D eigenvalue weighted by Gasteiger charge is -2.44. The highest BCUT2D eigenvalue weighted by atomic mass is 16.5. The van der Waals surface area contributed by atoms with E-state index in [1.165, 1.54) is 18.4 Å². The van der Waals surface area contributed by atoms with Crippen LogP contribution in [0.2, 0.25) is 0 Å². The Hall–Kier alpha value is -2.57. The van der Waals surface area contributed by atoms with Crippen LogP contribution in [0.1, 0.15) is 43.1 Å². The molecule has 3 heterocycles. The van der Waals surface area contributed by atoms with E-state index >= 15 is 0 Å². The third-order valence-electron chi connectivity index (χ3n) is 6.60. The fraction of sp³-hybridized carbons (Fsp3) is 0.458. The summed E-state index contributed by atoms with van der Waals surface area (Å²) in [5.74, 6) is 2.71. The molecule has 6 nitrogen and oxygen atoms in total. The van der Waals surface area contributed by atoms with Gasteiger partial charge in [-0.15, -0.1) is 0 Å². The van der Waals surface area contributed by atoms with E-state index in [2.05, 4.69) is 58.5 Å². The molecule has 0 amide bonds. The van der Waals surface area contributed by atoms with Crippen molar-refractivity contribution in [1.29, 1.82) is 0 Å². The van der Waals surface area contributed by atoms with Gasteiger partial charge >= 0.3 is 0 Å². The molecule has 6 heteroatoms. The maximum Gasteiger partial charge on any atom is 0.124 e. The SMILES string of the molecule is C[C@@H]1CN([C@H]2COc3ccccc3[C@@H]2Nc2cccc3[nH]c(C4CC4)nc23)CCO1. The summed E-state index contributed by atoms with van der Waals surface area (Å²) in [4.78, 5) is 11.0. The van der Waals surface area contributed by atoms with Crippen LogP contribution in [0.15, 0.2) is 42.5 Å². The van der Waals surface area contributed by atoms with Crippen LogP contribution in [0.5, 0.6) is 5.75 Å². The summed E-state index contributed by atoms with van der Waals surface area (Å²) in [6.45, 7) is 5.44. The van der Waals surface area contributed by atoms with Gasteiger partial charge in [-0.25, -0.2) is 4.98 Å². The Morgan fingerprint density at radius 2 is 2.03 bits per heavy atom. The van der Waals surface area contributed by atoms with Crippen molar-refractivity contribution in [3.05, 3.63) is 53.9 Å². The molecule has 156 valence electrons. The lowest BCUT2D eigenvalue weighted by atomic mass is 9.94. The van der Waals surface area contributed by atoms with Crippen molar-refractivity contribution in [3.63, 3.8) is 0 Å². The third kappa shape index (κ3) is 3.24. The number of rotatable bonds is 4. The average Bonchev–Trinajstić information content (AvgIpc) is 3.53. The number of hydrogen-bond acceptors (Lipinski definition) is 5. The lowest BCUT2D eigenvalue weighted by Crippen LogP contribution is -2.54. The van der Waals surface area contributed by atoms with Gasteiger partial charge in [0, 0.05) is 24.6 Å². The van der Waals surface area contributed by atoms with Gasteiger partial charge in [-0.3, -0.25) is 4.90 Å². The number of H-pyrrole nitrogens is 1. The molecule has 2 aromatic carbocycles. The molecule has 30 heavy (non-hydrogen) atoms. The largest absolute Gasteiger partial charge is 0.491 e. The van der Waals surface area contributed by atoms with Gasteiger partial charge in [-0.1, -0.05) is 24.3 Å². The van der Waals surface area contributed by atoms with Crippen molar-refractivity contribution in [3.8, 4) is 5.75 Å². The molecule has 1 saturated heterocycles. The Balaban J connectivity index is 1.38. The Kier molecular flexibility index (Phi) is 4.43. The first-order chi connectivity index (χ1) is 14.8. The molecule has 0 spiro atoms. The maximum absolute atomic E-state index is 6.18. The summed E-state index contributed by atoms with van der Waals surface area (Å²) in [7, 11) is 0.